The van der Waals surface area contributed by atoms with Gasteiger partial charge in [-0.25, -0.2) is 0 Å². The van der Waals surface area contributed by atoms with Gasteiger partial charge in [0.25, 0.3) is 11.8 Å². The molecule has 0 saturated carbocycles. The molecule has 0 radical (unpaired) electrons. The van der Waals surface area contributed by atoms with Crippen molar-refractivity contribution in [1.82, 2.24) is 10.6 Å². The second kappa shape index (κ2) is 7.79. The van der Waals surface area contributed by atoms with E-state index in [4.69, 9.17) is 4.42 Å². The number of carbonyl (C=O) groups is 2. The lowest BCUT2D eigenvalue weighted by Crippen LogP contribution is -2.34. The van der Waals surface area contributed by atoms with Crippen molar-refractivity contribution >= 4 is 17.9 Å². The Morgan fingerprint density at radius 1 is 1.26 bits per heavy atom. The van der Waals surface area contributed by atoms with Gasteiger partial charge >= 0.3 is 0 Å². The topological polar surface area (TPSA) is 71.3 Å². The molecule has 0 saturated heterocycles. The van der Waals surface area contributed by atoms with Crippen LogP contribution in [-0.2, 0) is 4.79 Å². The Morgan fingerprint density at radius 2 is 2.09 bits per heavy atom. The molecule has 5 heteroatoms. The molecule has 1 heterocycles. The van der Waals surface area contributed by atoms with Crippen LogP contribution in [0.1, 0.15) is 21.7 Å². The van der Waals surface area contributed by atoms with E-state index in [9.17, 15) is 9.59 Å². The summed E-state index contributed by atoms with van der Waals surface area (Å²) in [4.78, 5) is 24.5. The minimum atomic E-state index is -0.415. The number of benzene rings is 1. The van der Waals surface area contributed by atoms with E-state index < -0.39 is 5.91 Å². The number of amides is 2. The summed E-state index contributed by atoms with van der Waals surface area (Å²) in [5.41, 5.74) is 1.55. The highest BCUT2D eigenvalue weighted by Crippen LogP contribution is 2.09. The summed E-state index contributed by atoms with van der Waals surface area (Å²) >= 11 is 0. The van der Waals surface area contributed by atoms with Crippen LogP contribution in [0.4, 0.5) is 0 Å². The van der Waals surface area contributed by atoms with E-state index >= 15 is 0 Å². The van der Waals surface area contributed by atoms with Crippen LogP contribution in [0.5, 0.6) is 0 Å². The minimum absolute atomic E-state index is 0.105. The Bertz CT molecular complexity index is 730. The fraction of sp³-hybridized carbons (Fsp3) is 0.111. The molecule has 118 valence electrons. The fourth-order valence-corrected chi connectivity index (χ4v) is 1.91. The van der Waals surface area contributed by atoms with E-state index in [-0.39, 0.29) is 11.6 Å². The van der Waals surface area contributed by atoms with Gasteiger partial charge in [0.2, 0.25) is 0 Å². The maximum atomic E-state index is 12.3. The third kappa shape index (κ3) is 4.71. The summed E-state index contributed by atoms with van der Waals surface area (Å²) in [5, 5.41) is 5.25. The van der Waals surface area contributed by atoms with E-state index in [1.807, 2.05) is 13.0 Å². The molecular formula is C18H18N2O3. The van der Waals surface area contributed by atoms with Crippen molar-refractivity contribution in [3.63, 3.8) is 0 Å². The van der Waals surface area contributed by atoms with Crippen LogP contribution in [0.2, 0.25) is 0 Å². The van der Waals surface area contributed by atoms with Gasteiger partial charge in [-0.3, -0.25) is 9.59 Å². The van der Waals surface area contributed by atoms with E-state index in [0.717, 1.165) is 5.56 Å². The Kier molecular flexibility index (Phi) is 5.52. The van der Waals surface area contributed by atoms with Crippen LogP contribution in [-0.4, -0.2) is 18.4 Å². The first kappa shape index (κ1) is 16.3. The zero-order chi connectivity index (χ0) is 16.7. The molecule has 0 unspecified atom stereocenters. The number of aryl methyl sites for hydroxylation is 1. The molecule has 23 heavy (non-hydrogen) atoms. The van der Waals surface area contributed by atoms with Crippen molar-refractivity contribution in [2.75, 3.05) is 6.54 Å². The molecule has 2 rings (SSSR count). The summed E-state index contributed by atoms with van der Waals surface area (Å²) in [5.74, 6) is -0.305. The van der Waals surface area contributed by atoms with Crippen LogP contribution < -0.4 is 10.6 Å². The van der Waals surface area contributed by atoms with Crippen molar-refractivity contribution in [1.29, 1.82) is 0 Å². The molecule has 0 aliphatic rings. The van der Waals surface area contributed by atoms with Gasteiger partial charge in [-0.2, -0.15) is 0 Å². The lowest BCUT2D eigenvalue weighted by molar-refractivity contribution is -0.117. The number of rotatable bonds is 6. The molecule has 0 bridgehead atoms. The van der Waals surface area contributed by atoms with E-state index in [1.54, 1.807) is 36.4 Å². The molecule has 0 aliphatic carbocycles. The largest absolute Gasteiger partial charge is 0.465 e. The van der Waals surface area contributed by atoms with E-state index in [0.29, 0.717) is 17.9 Å². The average molecular weight is 310 g/mol. The van der Waals surface area contributed by atoms with Crippen LogP contribution in [0.3, 0.4) is 0 Å². The molecular weight excluding hydrogens is 292 g/mol. The van der Waals surface area contributed by atoms with Crippen LogP contribution >= 0.6 is 0 Å². The zero-order valence-electron chi connectivity index (χ0n) is 12.8. The number of nitrogens with one attached hydrogen (secondary N) is 2. The van der Waals surface area contributed by atoms with Crippen LogP contribution in [0.25, 0.3) is 6.08 Å². The molecule has 2 amide bonds. The zero-order valence-corrected chi connectivity index (χ0v) is 12.8. The van der Waals surface area contributed by atoms with E-state index in [1.165, 1.54) is 12.3 Å². The standard InChI is InChI=1S/C18H18N2O3/c1-3-9-19-18(22)16(12-15-8-5-10-23-15)20-17(21)14-7-4-6-13(2)11-14/h3-8,10-12H,1,9H2,2H3,(H,19,22)(H,20,21)/b16-12-. The van der Waals surface area contributed by atoms with Crippen LogP contribution in [0.15, 0.2) is 65.4 Å². The Labute approximate surface area is 134 Å². The van der Waals surface area contributed by atoms with Gasteiger partial charge in [0.05, 0.1) is 6.26 Å². The number of furan rings is 1. The highest BCUT2D eigenvalue weighted by atomic mass is 16.3. The highest BCUT2D eigenvalue weighted by Gasteiger charge is 2.14. The first-order valence-electron chi connectivity index (χ1n) is 7.12. The summed E-state index contributed by atoms with van der Waals surface area (Å²) in [7, 11) is 0. The second-order valence-electron chi connectivity index (χ2n) is 4.90. The Morgan fingerprint density at radius 3 is 2.74 bits per heavy atom. The number of hydrogen-bond donors (Lipinski definition) is 2. The van der Waals surface area contributed by atoms with Crippen molar-refractivity contribution in [2.45, 2.75) is 6.92 Å². The predicted octanol–water partition coefficient (Wildman–Crippen LogP) is 2.66. The maximum Gasteiger partial charge on any atom is 0.268 e. The van der Waals surface area contributed by atoms with Gasteiger partial charge in [-0.1, -0.05) is 23.8 Å². The van der Waals surface area contributed by atoms with Gasteiger partial charge in [0.1, 0.15) is 11.5 Å². The summed E-state index contributed by atoms with van der Waals surface area (Å²) in [6.07, 6.45) is 4.53. The average Bonchev–Trinajstić information content (AvgIpc) is 3.05. The molecule has 0 atom stereocenters. The lowest BCUT2D eigenvalue weighted by atomic mass is 10.1. The van der Waals surface area contributed by atoms with Gasteiger partial charge < -0.3 is 15.1 Å². The monoisotopic (exact) mass is 310 g/mol. The highest BCUT2D eigenvalue weighted by molar-refractivity contribution is 6.05. The Balaban J connectivity index is 2.22. The Hall–Kier alpha value is -3.08. The molecule has 2 N–H and O–H groups in total. The third-order valence-electron chi connectivity index (χ3n) is 3.01. The summed E-state index contributed by atoms with van der Waals surface area (Å²) in [6, 6.07) is 10.5. The number of hydrogen-bond acceptors (Lipinski definition) is 3. The smallest absolute Gasteiger partial charge is 0.268 e. The third-order valence-corrected chi connectivity index (χ3v) is 3.01. The molecule has 1 aromatic carbocycles. The quantitative estimate of drug-likeness (QED) is 0.636. The molecule has 0 spiro atoms. The van der Waals surface area contributed by atoms with Gasteiger partial charge in [-0.15, -0.1) is 6.58 Å². The van der Waals surface area contributed by atoms with Crippen molar-refractivity contribution < 1.29 is 14.0 Å². The second-order valence-corrected chi connectivity index (χ2v) is 4.90. The predicted molar refractivity (Wildman–Crippen MR) is 88.5 cm³/mol. The number of carbonyl (C=O) groups excluding carboxylic acids is 2. The van der Waals surface area contributed by atoms with Crippen molar-refractivity contribution in [2.24, 2.45) is 0 Å². The van der Waals surface area contributed by atoms with Gasteiger partial charge in [0, 0.05) is 18.2 Å². The molecule has 0 aliphatic heterocycles. The maximum absolute atomic E-state index is 12.3. The normalized spacial score (nSPS) is 10.9. The van der Waals surface area contributed by atoms with Crippen molar-refractivity contribution in [3.8, 4) is 0 Å². The first-order chi connectivity index (χ1) is 11.1. The van der Waals surface area contributed by atoms with Crippen LogP contribution in [0, 0.1) is 6.92 Å². The van der Waals surface area contributed by atoms with Gasteiger partial charge in [-0.05, 0) is 31.2 Å². The first-order valence-corrected chi connectivity index (χ1v) is 7.12. The summed E-state index contributed by atoms with van der Waals surface area (Å²) < 4.78 is 5.20. The molecule has 0 fully saturated rings. The fourth-order valence-electron chi connectivity index (χ4n) is 1.91. The van der Waals surface area contributed by atoms with E-state index in [2.05, 4.69) is 17.2 Å². The lowest BCUT2D eigenvalue weighted by Gasteiger charge is -2.10. The molecule has 1 aromatic heterocycles. The molecule has 5 nitrogen and oxygen atoms in total. The van der Waals surface area contributed by atoms with Gasteiger partial charge in [0.15, 0.2) is 0 Å². The van der Waals surface area contributed by atoms with Crippen molar-refractivity contribution in [3.05, 3.63) is 77.9 Å². The SMILES string of the molecule is C=CCNC(=O)/C(=C/c1ccco1)NC(=O)c1cccc(C)c1. The summed E-state index contributed by atoms with van der Waals surface area (Å²) in [6.45, 7) is 5.74. The minimum Gasteiger partial charge on any atom is -0.465 e. The molecule has 2 aromatic rings.